The van der Waals surface area contributed by atoms with Crippen molar-refractivity contribution in [2.45, 2.75) is 31.8 Å². The first-order valence-electron chi connectivity index (χ1n) is 6.69. The van der Waals surface area contributed by atoms with E-state index in [0.29, 0.717) is 5.84 Å². The Morgan fingerprint density at radius 2 is 2.35 bits per heavy atom. The Hall–Kier alpha value is -1.27. The molecule has 1 saturated heterocycles. The molecule has 0 amide bonds. The van der Waals surface area contributed by atoms with E-state index in [1.165, 1.54) is 0 Å². The zero-order chi connectivity index (χ0) is 14.5. The van der Waals surface area contributed by atoms with Crippen LogP contribution < -0.4 is 10.5 Å². The van der Waals surface area contributed by atoms with E-state index in [4.69, 9.17) is 15.7 Å². The fourth-order valence-electron chi connectivity index (χ4n) is 2.67. The second-order valence-corrected chi connectivity index (χ2v) is 5.88. The van der Waals surface area contributed by atoms with Crippen LogP contribution in [0.25, 0.3) is 0 Å². The number of likely N-dealkylation sites (tertiary alicyclic amines) is 1. The number of oxime groups is 1. The summed E-state index contributed by atoms with van der Waals surface area (Å²) in [6.45, 7) is 1.67. The molecule has 0 bridgehead atoms. The predicted octanol–water partition coefficient (Wildman–Crippen LogP) is 2.56. The maximum absolute atomic E-state index is 8.92. The van der Waals surface area contributed by atoms with Crippen LogP contribution in [0.15, 0.2) is 27.8 Å². The van der Waals surface area contributed by atoms with Crippen molar-refractivity contribution >= 4 is 21.8 Å². The van der Waals surface area contributed by atoms with Gasteiger partial charge in [-0.1, -0.05) is 27.5 Å². The molecule has 1 atom stereocenters. The molecule has 0 radical (unpaired) electrons. The number of nitrogens with two attached hydrogens (primary N) is 1. The number of amidine groups is 1. The lowest BCUT2D eigenvalue weighted by atomic mass is 10.00. The highest BCUT2D eigenvalue weighted by atomic mass is 79.9. The third-order valence-electron chi connectivity index (χ3n) is 3.69. The first-order valence-corrected chi connectivity index (χ1v) is 7.49. The lowest BCUT2D eigenvalue weighted by molar-refractivity contribution is 0.176. The molecule has 1 aliphatic heterocycles. The average molecular weight is 342 g/mol. The van der Waals surface area contributed by atoms with E-state index in [1.54, 1.807) is 7.11 Å². The Balaban J connectivity index is 2.20. The highest BCUT2D eigenvalue weighted by Crippen LogP contribution is 2.27. The van der Waals surface area contributed by atoms with Crippen molar-refractivity contribution in [2.24, 2.45) is 10.9 Å². The minimum absolute atomic E-state index is 0.00237. The molecule has 6 heteroatoms. The van der Waals surface area contributed by atoms with Gasteiger partial charge < -0.3 is 15.7 Å². The maximum atomic E-state index is 8.92. The van der Waals surface area contributed by atoms with E-state index in [2.05, 4.69) is 32.1 Å². The Morgan fingerprint density at radius 3 is 3.05 bits per heavy atom. The third-order valence-corrected chi connectivity index (χ3v) is 4.18. The third kappa shape index (κ3) is 3.43. The van der Waals surface area contributed by atoms with E-state index < -0.39 is 0 Å². The summed E-state index contributed by atoms with van der Waals surface area (Å²) in [7, 11) is 1.67. The van der Waals surface area contributed by atoms with Crippen molar-refractivity contribution in [1.29, 1.82) is 0 Å². The van der Waals surface area contributed by atoms with Crippen LogP contribution >= 0.6 is 15.9 Å². The number of nitrogens with zero attached hydrogens (tertiary/aromatic N) is 2. The molecule has 0 saturated carbocycles. The van der Waals surface area contributed by atoms with Crippen LogP contribution in [0, 0.1) is 0 Å². The van der Waals surface area contributed by atoms with E-state index in [9.17, 15) is 0 Å². The fourth-order valence-corrected chi connectivity index (χ4v) is 3.08. The summed E-state index contributed by atoms with van der Waals surface area (Å²) < 4.78 is 6.42. The number of halogens is 1. The molecule has 3 N–H and O–H groups in total. The summed E-state index contributed by atoms with van der Waals surface area (Å²) in [6, 6.07) is 5.95. The SMILES string of the molecule is COc1ccc(Br)cc1CN1CCCCC1C(N)=NO. The summed E-state index contributed by atoms with van der Waals surface area (Å²) in [5, 5.41) is 12.1. The van der Waals surface area contributed by atoms with Crippen LogP contribution in [0.3, 0.4) is 0 Å². The van der Waals surface area contributed by atoms with Crippen molar-refractivity contribution in [3.05, 3.63) is 28.2 Å². The number of hydrogen-bond acceptors (Lipinski definition) is 4. The van der Waals surface area contributed by atoms with Crippen molar-refractivity contribution in [3.63, 3.8) is 0 Å². The molecule has 1 fully saturated rings. The van der Waals surface area contributed by atoms with Crippen LogP contribution in [0.5, 0.6) is 5.75 Å². The molecule has 1 heterocycles. The van der Waals surface area contributed by atoms with Crippen molar-refractivity contribution in [3.8, 4) is 5.75 Å². The fraction of sp³-hybridized carbons (Fsp3) is 0.500. The summed E-state index contributed by atoms with van der Waals surface area (Å²) in [5.41, 5.74) is 6.91. The molecule has 2 rings (SSSR count). The minimum Gasteiger partial charge on any atom is -0.496 e. The van der Waals surface area contributed by atoms with E-state index in [-0.39, 0.29) is 6.04 Å². The average Bonchev–Trinajstić information content (AvgIpc) is 2.47. The molecule has 1 aliphatic rings. The molecule has 1 unspecified atom stereocenters. The molecule has 0 aromatic heterocycles. The number of rotatable bonds is 4. The van der Waals surface area contributed by atoms with Crippen molar-refractivity contribution < 1.29 is 9.94 Å². The van der Waals surface area contributed by atoms with Gasteiger partial charge in [0.15, 0.2) is 5.84 Å². The maximum Gasteiger partial charge on any atom is 0.156 e. The van der Waals surface area contributed by atoms with Crippen molar-refractivity contribution in [1.82, 2.24) is 4.90 Å². The van der Waals surface area contributed by atoms with E-state index in [1.807, 2.05) is 12.1 Å². The molecule has 0 aliphatic carbocycles. The molecule has 110 valence electrons. The molecular weight excluding hydrogens is 322 g/mol. The van der Waals surface area contributed by atoms with E-state index >= 15 is 0 Å². The standard InChI is InChI=1S/C14H20BrN3O2/c1-20-13-6-5-11(15)8-10(13)9-18-7-3-2-4-12(18)14(16)17-19/h5-6,8,12,19H,2-4,7,9H2,1H3,(H2,16,17). The quantitative estimate of drug-likeness (QED) is 0.382. The van der Waals surface area contributed by atoms with Gasteiger partial charge in [-0.2, -0.15) is 0 Å². The topological polar surface area (TPSA) is 71.1 Å². The molecule has 5 nitrogen and oxygen atoms in total. The van der Waals surface area contributed by atoms with Gasteiger partial charge in [0.25, 0.3) is 0 Å². The summed E-state index contributed by atoms with van der Waals surface area (Å²) >= 11 is 3.49. The first-order chi connectivity index (χ1) is 9.65. The predicted molar refractivity (Wildman–Crippen MR) is 82.2 cm³/mol. The zero-order valence-corrected chi connectivity index (χ0v) is 13.1. The largest absolute Gasteiger partial charge is 0.496 e. The van der Waals surface area contributed by atoms with Gasteiger partial charge in [0.05, 0.1) is 13.2 Å². The smallest absolute Gasteiger partial charge is 0.156 e. The van der Waals surface area contributed by atoms with Gasteiger partial charge >= 0.3 is 0 Å². The molecular formula is C14H20BrN3O2. The zero-order valence-electron chi connectivity index (χ0n) is 11.6. The molecule has 0 spiro atoms. The van der Waals surface area contributed by atoms with E-state index in [0.717, 1.165) is 48.1 Å². The van der Waals surface area contributed by atoms with Crippen molar-refractivity contribution in [2.75, 3.05) is 13.7 Å². The number of piperidine rings is 1. The number of benzene rings is 1. The minimum atomic E-state index is -0.00237. The van der Waals surface area contributed by atoms with Gasteiger partial charge in [-0.15, -0.1) is 0 Å². The van der Waals surface area contributed by atoms with Gasteiger partial charge in [0, 0.05) is 16.6 Å². The van der Waals surface area contributed by atoms with Crippen LogP contribution in [0.1, 0.15) is 24.8 Å². The Labute approximate surface area is 127 Å². The lowest BCUT2D eigenvalue weighted by Crippen LogP contribution is -2.47. The monoisotopic (exact) mass is 341 g/mol. The van der Waals surface area contributed by atoms with Gasteiger partial charge in [-0.25, -0.2) is 0 Å². The highest BCUT2D eigenvalue weighted by molar-refractivity contribution is 9.10. The van der Waals surface area contributed by atoms with Crippen LogP contribution in [0.2, 0.25) is 0 Å². The number of hydrogen-bond donors (Lipinski definition) is 2. The number of methoxy groups -OCH3 is 1. The van der Waals surface area contributed by atoms with Gasteiger partial charge in [0.1, 0.15) is 5.75 Å². The molecule has 20 heavy (non-hydrogen) atoms. The lowest BCUT2D eigenvalue weighted by Gasteiger charge is -2.35. The van der Waals surface area contributed by atoms with Crippen LogP contribution in [-0.4, -0.2) is 35.6 Å². The van der Waals surface area contributed by atoms with Gasteiger partial charge in [-0.3, -0.25) is 4.90 Å². The number of ether oxygens (including phenoxy) is 1. The summed E-state index contributed by atoms with van der Waals surface area (Å²) in [6.07, 6.45) is 3.16. The highest BCUT2D eigenvalue weighted by Gasteiger charge is 2.26. The summed E-state index contributed by atoms with van der Waals surface area (Å²) in [4.78, 5) is 2.24. The molecule has 1 aromatic carbocycles. The van der Waals surface area contributed by atoms with Crippen LogP contribution in [0.4, 0.5) is 0 Å². The molecule has 1 aromatic rings. The summed E-state index contributed by atoms with van der Waals surface area (Å²) in [5.74, 6) is 1.15. The normalized spacial score (nSPS) is 20.9. The first kappa shape index (κ1) is 15.1. The second-order valence-electron chi connectivity index (χ2n) is 4.96. The van der Waals surface area contributed by atoms with Crippen LogP contribution in [-0.2, 0) is 6.54 Å². The van der Waals surface area contributed by atoms with Gasteiger partial charge in [-0.05, 0) is 37.6 Å². The Morgan fingerprint density at radius 1 is 1.55 bits per heavy atom. The van der Waals surface area contributed by atoms with Gasteiger partial charge in [0.2, 0.25) is 0 Å². The Bertz CT molecular complexity index is 493. The second kappa shape index (κ2) is 6.95. The Kier molecular flexibility index (Phi) is 5.25.